The molecule has 2 saturated carbocycles. The Balaban J connectivity index is 0.00000162. The Hall–Kier alpha value is -0.280. The molecule has 0 aromatic carbocycles. The van der Waals surface area contributed by atoms with Gasteiger partial charge in [-0.05, 0) is 38.6 Å². The fourth-order valence-electron chi connectivity index (χ4n) is 2.80. The molecule has 0 bridgehead atoms. The second kappa shape index (κ2) is 8.00. The average molecular weight is 275 g/mol. The summed E-state index contributed by atoms with van der Waals surface area (Å²) in [4.78, 5) is 14.5. The van der Waals surface area contributed by atoms with Gasteiger partial charge in [-0.15, -0.1) is 12.4 Å². The molecule has 1 amide bonds. The largest absolute Gasteiger partial charge is 0.339 e. The predicted molar refractivity (Wildman–Crippen MR) is 77.1 cm³/mol. The van der Waals surface area contributed by atoms with E-state index in [0.29, 0.717) is 18.4 Å². The van der Waals surface area contributed by atoms with E-state index < -0.39 is 0 Å². The monoisotopic (exact) mass is 274 g/mol. The summed E-state index contributed by atoms with van der Waals surface area (Å²) >= 11 is 0. The number of halogens is 1. The molecule has 2 aliphatic carbocycles. The van der Waals surface area contributed by atoms with Crippen LogP contribution in [0.15, 0.2) is 0 Å². The lowest BCUT2D eigenvalue weighted by atomic mass is 9.93. The van der Waals surface area contributed by atoms with E-state index in [1.807, 2.05) is 7.05 Å². The molecule has 1 N–H and O–H groups in total. The van der Waals surface area contributed by atoms with Gasteiger partial charge in [0, 0.05) is 25.6 Å². The first-order chi connectivity index (χ1) is 8.31. The maximum absolute atomic E-state index is 12.3. The van der Waals surface area contributed by atoms with Crippen molar-refractivity contribution >= 4 is 18.3 Å². The Bertz CT molecular complexity index is 250. The van der Waals surface area contributed by atoms with Crippen molar-refractivity contribution in [2.45, 2.75) is 57.4 Å². The molecule has 0 aromatic heterocycles. The molecule has 18 heavy (non-hydrogen) atoms. The third kappa shape index (κ3) is 4.77. The lowest BCUT2D eigenvalue weighted by Crippen LogP contribution is -2.43. The molecular weight excluding hydrogens is 248 g/mol. The first-order valence-electron chi connectivity index (χ1n) is 7.25. The second-order valence-electron chi connectivity index (χ2n) is 5.63. The molecule has 3 nitrogen and oxygen atoms in total. The second-order valence-corrected chi connectivity index (χ2v) is 5.63. The molecule has 0 radical (unpaired) electrons. The smallest absolute Gasteiger partial charge is 0.224 e. The van der Waals surface area contributed by atoms with Crippen LogP contribution < -0.4 is 5.32 Å². The summed E-state index contributed by atoms with van der Waals surface area (Å²) in [6, 6.07) is 0.550. The molecule has 0 aromatic rings. The molecule has 0 saturated heterocycles. The first-order valence-corrected chi connectivity index (χ1v) is 7.25. The van der Waals surface area contributed by atoms with E-state index in [9.17, 15) is 4.79 Å². The van der Waals surface area contributed by atoms with Crippen molar-refractivity contribution in [2.75, 3.05) is 20.1 Å². The van der Waals surface area contributed by atoms with E-state index in [2.05, 4.69) is 10.2 Å². The molecule has 4 heteroatoms. The normalized spacial score (nSPS) is 20.3. The maximum Gasteiger partial charge on any atom is 0.224 e. The van der Waals surface area contributed by atoms with Gasteiger partial charge >= 0.3 is 0 Å². The molecule has 2 fully saturated rings. The number of carbonyl (C=O) groups is 1. The molecular formula is C14H27ClN2O. The van der Waals surface area contributed by atoms with Crippen molar-refractivity contribution in [2.24, 2.45) is 5.92 Å². The van der Waals surface area contributed by atoms with Crippen LogP contribution in [0.25, 0.3) is 0 Å². The minimum absolute atomic E-state index is 0. The van der Waals surface area contributed by atoms with E-state index in [4.69, 9.17) is 0 Å². The maximum atomic E-state index is 12.3. The van der Waals surface area contributed by atoms with Crippen molar-refractivity contribution in [3.8, 4) is 0 Å². The minimum Gasteiger partial charge on any atom is -0.339 e. The molecule has 0 atom stereocenters. The van der Waals surface area contributed by atoms with Gasteiger partial charge in [-0.2, -0.15) is 0 Å². The van der Waals surface area contributed by atoms with Crippen molar-refractivity contribution in [1.29, 1.82) is 0 Å². The third-order valence-electron chi connectivity index (χ3n) is 4.08. The molecule has 0 unspecified atom stereocenters. The van der Waals surface area contributed by atoms with Crippen molar-refractivity contribution < 1.29 is 4.79 Å². The van der Waals surface area contributed by atoms with Gasteiger partial charge in [0.15, 0.2) is 0 Å². The highest BCUT2D eigenvalue weighted by atomic mass is 35.5. The number of rotatable bonds is 6. The Morgan fingerprint density at radius 2 is 1.83 bits per heavy atom. The zero-order valence-corrected chi connectivity index (χ0v) is 12.3. The topological polar surface area (TPSA) is 32.3 Å². The van der Waals surface area contributed by atoms with Gasteiger partial charge in [-0.3, -0.25) is 4.79 Å². The quantitative estimate of drug-likeness (QED) is 0.807. The van der Waals surface area contributed by atoms with E-state index >= 15 is 0 Å². The van der Waals surface area contributed by atoms with E-state index in [1.54, 1.807) is 0 Å². The summed E-state index contributed by atoms with van der Waals surface area (Å²) in [6.45, 7) is 1.85. The summed E-state index contributed by atoms with van der Waals surface area (Å²) in [5.41, 5.74) is 0. The number of carbonyl (C=O) groups excluding carboxylic acids is 1. The van der Waals surface area contributed by atoms with Crippen LogP contribution in [0.5, 0.6) is 0 Å². The van der Waals surface area contributed by atoms with Crippen LogP contribution in [0.3, 0.4) is 0 Å². The Kier molecular flexibility index (Phi) is 7.02. The van der Waals surface area contributed by atoms with E-state index in [-0.39, 0.29) is 12.4 Å². The summed E-state index contributed by atoms with van der Waals surface area (Å²) in [5.74, 6) is 1.19. The number of nitrogens with one attached hydrogen (secondary N) is 1. The lowest BCUT2D eigenvalue weighted by Gasteiger charge is -2.34. The zero-order chi connectivity index (χ0) is 12.1. The van der Waals surface area contributed by atoms with Gasteiger partial charge in [0.1, 0.15) is 0 Å². The number of amides is 1. The SMILES string of the molecule is CNCCC(=O)N(CC1CC1)C1CCCCC1.Cl. The Morgan fingerprint density at radius 1 is 1.17 bits per heavy atom. The van der Waals surface area contributed by atoms with Crippen molar-refractivity contribution in [3.05, 3.63) is 0 Å². The van der Waals surface area contributed by atoms with Crippen LogP contribution >= 0.6 is 12.4 Å². The molecule has 2 aliphatic rings. The van der Waals surface area contributed by atoms with Crippen LogP contribution in [0, 0.1) is 5.92 Å². The molecule has 0 aliphatic heterocycles. The van der Waals surface area contributed by atoms with Crippen LogP contribution in [0.4, 0.5) is 0 Å². The van der Waals surface area contributed by atoms with Crippen LogP contribution in [-0.2, 0) is 4.79 Å². The van der Waals surface area contributed by atoms with Crippen LogP contribution in [0.2, 0.25) is 0 Å². The average Bonchev–Trinajstić information content (AvgIpc) is 3.18. The highest BCUT2D eigenvalue weighted by Gasteiger charge is 2.31. The van der Waals surface area contributed by atoms with Gasteiger partial charge in [-0.1, -0.05) is 19.3 Å². The Morgan fingerprint density at radius 3 is 2.39 bits per heavy atom. The van der Waals surface area contributed by atoms with E-state index in [1.165, 1.54) is 44.9 Å². The summed E-state index contributed by atoms with van der Waals surface area (Å²) in [5, 5.41) is 3.08. The van der Waals surface area contributed by atoms with E-state index in [0.717, 1.165) is 19.0 Å². The standard InChI is InChI=1S/C14H26N2O.ClH/c1-15-10-9-14(17)16(11-12-7-8-12)13-5-3-2-4-6-13;/h12-13,15H,2-11H2,1H3;1H. The summed E-state index contributed by atoms with van der Waals surface area (Å²) in [7, 11) is 1.92. The predicted octanol–water partition coefficient (Wildman–Crippen LogP) is 2.59. The van der Waals surface area contributed by atoms with Gasteiger partial charge in [0.25, 0.3) is 0 Å². The van der Waals surface area contributed by atoms with Crippen LogP contribution in [0.1, 0.15) is 51.4 Å². The van der Waals surface area contributed by atoms with Crippen molar-refractivity contribution in [3.63, 3.8) is 0 Å². The van der Waals surface area contributed by atoms with Gasteiger partial charge in [0.2, 0.25) is 5.91 Å². The van der Waals surface area contributed by atoms with Crippen LogP contribution in [-0.4, -0.2) is 37.0 Å². The Labute approximate surface area is 117 Å². The molecule has 0 heterocycles. The fraction of sp³-hybridized carbons (Fsp3) is 0.929. The minimum atomic E-state index is 0. The fourth-order valence-corrected chi connectivity index (χ4v) is 2.80. The molecule has 0 spiro atoms. The first kappa shape index (κ1) is 15.8. The number of nitrogens with zero attached hydrogens (tertiary/aromatic N) is 1. The molecule has 106 valence electrons. The van der Waals surface area contributed by atoms with Gasteiger partial charge in [0.05, 0.1) is 0 Å². The number of hydrogen-bond acceptors (Lipinski definition) is 2. The highest BCUT2D eigenvalue weighted by Crippen LogP contribution is 2.32. The highest BCUT2D eigenvalue weighted by molar-refractivity contribution is 5.85. The van der Waals surface area contributed by atoms with Crippen molar-refractivity contribution in [1.82, 2.24) is 10.2 Å². The number of hydrogen-bond donors (Lipinski definition) is 1. The lowest BCUT2D eigenvalue weighted by molar-refractivity contribution is -0.134. The molecule has 2 rings (SSSR count). The zero-order valence-electron chi connectivity index (χ0n) is 11.5. The summed E-state index contributed by atoms with van der Waals surface area (Å²) < 4.78 is 0. The third-order valence-corrected chi connectivity index (χ3v) is 4.08. The summed E-state index contributed by atoms with van der Waals surface area (Å²) in [6.07, 6.45) is 9.79. The van der Waals surface area contributed by atoms with Gasteiger partial charge in [-0.25, -0.2) is 0 Å². The van der Waals surface area contributed by atoms with Gasteiger partial charge < -0.3 is 10.2 Å².